The summed E-state index contributed by atoms with van der Waals surface area (Å²) in [6.07, 6.45) is -0.161. The van der Waals surface area contributed by atoms with E-state index in [4.69, 9.17) is 4.74 Å². The van der Waals surface area contributed by atoms with Crippen molar-refractivity contribution in [2.75, 3.05) is 13.2 Å². The van der Waals surface area contributed by atoms with Crippen LogP contribution in [0.15, 0.2) is 0 Å². The standard InChI is InChI=1S/C8H15NO2/c1-6(2)7(3)9-4-5-11-8(9)10/h6-7H,4-5H2,1-3H3/t7-/m1/s1. The lowest BCUT2D eigenvalue weighted by Crippen LogP contribution is -2.37. The predicted molar refractivity (Wildman–Crippen MR) is 42.4 cm³/mol. The monoisotopic (exact) mass is 157 g/mol. The first-order chi connectivity index (χ1) is 5.13. The van der Waals surface area contributed by atoms with Gasteiger partial charge in [-0.25, -0.2) is 4.79 Å². The summed E-state index contributed by atoms with van der Waals surface area (Å²) in [4.78, 5) is 12.8. The van der Waals surface area contributed by atoms with Crippen molar-refractivity contribution in [3.63, 3.8) is 0 Å². The molecular weight excluding hydrogens is 142 g/mol. The van der Waals surface area contributed by atoms with Crippen molar-refractivity contribution in [1.82, 2.24) is 4.90 Å². The van der Waals surface area contributed by atoms with E-state index in [0.717, 1.165) is 6.54 Å². The zero-order valence-corrected chi connectivity index (χ0v) is 7.33. The van der Waals surface area contributed by atoms with Crippen LogP contribution in [0.2, 0.25) is 0 Å². The maximum absolute atomic E-state index is 11.0. The van der Waals surface area contributed by atoms with Gasteiger partial charge in [-0.3, -0.25) is 0 Å². The van der Waals surface area contributed by atoms with E-state index in [-0.39, 0.29) is 6.09 Å². The smallest absolute Gasteiger partial charge is 0.410 e. The summed E-state index contributed by atoms with van der Waals surface area (Å²) >= 11 is 0. The molecule has 1 rings (SSSR count). The minimum Gasteiger partial charge on any atom is -0.448 e. The highest BCUT2D eigenvalue weighted by atomic mass is 16.6. The van der Waals surface area contributed by atoms with Gasteiger partial charge >= 0.3 is 6.09 Å². The van der Waals surface area contributed by atoms with Gasteiger partial charge in [0.25, 0.3) is 0 Å². The van der Waals surface area contributed by atoms with Gasteiger partial charge in [-0.1, -0.05) is 13.8 Å². The summed E-state index contributed by atoms with van der Waals surface area (Å²) in [5.74, 6) is 0.501. The van der Waals surface area contributed by atoms with E-state index >= 15 is 0 Å². The first-order valence-corrected chi connectivity index (χ1v) is 4.06. The van der Waals surface area contributed by atoms with Gasteiger partial charge in [-0.15, -0.1) is 0 Å². The number of amides is 1. The van der Waals surface area contributed by atoms with Crippen molar-refractivity contribution >= 4 is 6.09 Å². The molecule has 1 saturated heterocycles. The summed E-state index contributed by atoms with van der Waals surface area (Å²) in [7, 11) is 0. The van der Waals surface area contributed by atoms with Gasteiger partial charge < -0.3 is 9.64 Å². The minimum atomic E-state index is -0.161. The zero-order valence-electron chi connectivity index (χ0n) is 7.33. The molecule has 0 aromatic carbocycles. The third kappa shape index (κ3) is 1.64. The lowest BCUT2D eigenvalue weighted by molar-refractivity contribution is 0.142. The molecule has 0 bridgehead atoms. The molecule has 0 radical (unpaired) electrons. The average molecular weight is 157 g/mol. The van der Waals surface area contributed by atoms with Crippen LogP contribution in [0.5, 0.6) is 0 Å². The highest BCUT2D eigenvalue weighted by molar-refractivity contribution is 5.69. The number of carbonyl (C=O) groups is 1. The molecule has 0 aromatic rings. The summed E-state index contributed by atoms with van der Waals surface area (Å²) in [5.41, 5.74) is 0. The largest absolute Gasteiger partial charge is 0.448 e. The van der Waals surface area contributed by atoms with Crippen molar-refractivity contribution in [3.05, 3.63) is 0 Å². The molecule has 3 nitrogen and oxygen atoms in total. The summed E-state index contributed by atoms with van der Waals surface area (Å²) in [6, 6.07) is 0.296. The molecule has 3 heteroatoms. The molecular formula is C8H15NO2. The number of nitrogens with zero attached hydrogens (tertiary/aromatic N) is 1. The first kappa shape index (κ1) is 8.37. The maximum atomic E-state index is 11.0. The number of cyclic esters (lactones) is 1. The van der Waals surface area contributed by atoms with Gasteiger partial charge in [0.15, 0.2) is 0 Å². The highest BCUT2D eigenvalue weighted by Crippen LogP contribution is 2.14. The molecule has 0 saturated carbocycles. The van der Waals surface area contributed by atoms with Crippen LogP contribution in [0.4, 0.5) is 4.79 Å². The Kier molecular flexibility index (Phi) is 2.37. The third-order valence-corrected chi connectivity index (χ3v) is 2.25. The minimum absolute atomic E-state index is 0.161. The fourth-order valence-electron chi connectivity index (χ4n) is 1.14. The van der Waals surface area contributed by atoms with Gasteiger partial charge in [0.1, 0.15) is 6.61 Å². The Morgan fingerprint density at radius 2 is 2.09 bits per heavy atom. The Hall–Kier alpha value is -0.730. The van der Waals surface area contributed by atoms with E-state index in [1.807, 2.05) is 0 Å². The molecule has 0 aliphatic carbocycles. The number of ether oxygens (including phenoxy) is 1. The molecule has 64 valence electrons. The van der Waals surface area contributed by atoms with Crippen LogP contribution < -0.4 is 0 Å². The molecule has 0 N–H and O–H groups in total. The Morgan fingerprint density at radius 3 is 2.45 bits per heavy atom. The van der Waals surface area contributed by atoms with E-state index in [1.165, 1.54) is 0 Å². The van der Waals surface area contributed by atoms with E-state index in [1.54, 1.807) is 4.90 Å². The van der Waals surface area contributed by atoms with Crippen LogP contribution in [-0.2, 0) is 4.74 Å². The lowest BCUT2D eigenvalue weighted by Gasteiger charge is -2.24. The van der Waals surface area contributed by atoms with Crippen molar-refractivity contribution in [2.24, 2.45) is 5.92 Å². The van der Waals surface area contributed by atoms with Gasteiger partial charge in [0, 0.05) is 6.04 Å². The lowest BCUT2D eigenvalue weighted by atomic mass is 10.1. The number of hydrogen-bond donors (Lipinski definition) is 0. The second-order valence-corrected chi connectivity index (χ2v) is 3.29. The van der Waals surface area contributed by atoms with E-state index in [2.05, 4.69) is 20.8 Å². The van der Waals surface area contributed by atoms with Gasteiger partial charge in [-0.2, -0.15) is 0 Å². The van der Waals surface area contributed by atoms with Crippen LogP contribution in [0.1, 0.15) is 20.8 Å². The van der Waals surface area contributed by atoms with Gasteiger partial charge in [0.2, 0.25) is 0 Å². The van der Waals surface area contributed by atoms with Gasteiger partial charge in [0.05, 0.1) is 6.54 Å². The molecule has 11 heavy (non-hydrogen) atoms. The van der Waals surface area contributed by atoms with Crippen molar-refractivity contribution < 1.29 is 9.53 Å². The normalized spacial score (nSPS) is 20.7. The predicted octanol–water partition coefficient (Wildman–Crippen LogP) is 1.48. The molecule has 1 aliphatic heterocycles. The molecule has 1 aliphatic rings. The van der Waals surface area contributed by atoms with Crippen LogP contribution in [0, 0.1) is 5.92 Å². The SMILES string of the molecule is CC(C)[C@@H](C)N1CCOC1=O. The van der Waals surface area contributed by atoms with Crippen LogP contribution in [0.25, 0.3) is 0 Å². The maximum Gasteiger partial charge on any atom is 0.410 e. The molecule has 0 spiro atoms. The van der Waals surface area contributed by atoms with Crippen LogP contribution in [-0.4, -0.2) is 30.2 Å². The quantitative estimate of drug-likeness (QED) is 0.607. The molecule has 0 aromatic heterocycles. The Balaban J connectivity index is 2.52. The van der Waals surface area contributed by atoms with E-state index < -0.39 is 0 Å². The zero-order chi connectivity index (χ0) is 8.43. The summed E-state index contributed by atoms with van der Waals surface area (Å²) in [5, 5.41) is 0. The van der Waals surface area contributed by atoms with Crippen LogP contribution >= 0.6 is 0 Å². The third-order valence-electron chi connectivity index (χ3n) is 2.25. The summed E-state index contributed by atoms with van der Waals surface area (Å²) < 4.78 is 4.82. The molecule has 1 fully saturated rings. The fourth-order valence-corrected chi connectivity index (χ4v) is 1.14. The van der Waals surface area contributed by atoms with Gasteiger partial charge in [-0.05, 0) is 12.8 Å². The second-order valence-electron chi connectivity index (χ2n) is 3.29. The highest BCUT2D eigenvalue weighted by Gasteiger charge is 2.28. The number of hydrogen-bond acceptors (Lipinski definition) is 2. The topological polar surface area (TPSA) is 29.5 Å². The van der Waals surface area contributed by atoms with Crippen molar-refractivity contribution in [2.45, 2.75) is 26.8 Å². The van der Waals surface area contributed by atoms with Crippen molar-refractivity contribution in [3.8, 4) is 0 Å². The first-order valence-electron chi connectivity index (χ1n) is 4.06. The number of carbonyl (C=O) groups excluding carboxylic acids is 1. The molecule has 1 heterocycles. The molecule has 0 unspecified atom stereocenters. The number of rotatable bonds is 2. The fraction of sp³-hybridized carbons (Fsp3) is 0.875. The van der Waals surface area contributed by atoms with Crippen LogP contribution in [0.3, 0.4) is 0 Å². The summed E-state index contributed by atoms with van der Waals surface area (Å²) in [6.45, 7) is 7.57. The molecule has 1 atom stereocenters. The van der Waals surface area contributed by atoms with E-state index in [9.17, 15) is 4.79 Å². The Morgan fingerprint density at radius 1 is 1.45 bits per heavy atom. The Bertz CT molecular complexity index is 156. The Labute approximate surface area is 67.3 Å². The van der Waals surface area contributed by atoms with E-state index in [0.29, 0.717) is 18.6 Å². The molecule has 1 amide bonds. The average Bonchev–Trinajstić information content (AvgIpc) is 2.33. The second kappa shape index (κ2) is 3.11. The van der Waals surface area contributed by atoms with Crippen molar-refractivity contribution in [1.29, 1.82) is 0 Å².